The average molecular weight is 222 g/mol. The maximum Gasteiger partial charge on any atom is 0.186 e. The first-order valence-corrected chi connectivity index (χ1v) is 4.42. The maximum absolute atomic E-state index is 11.3. The number of halogens is 1. The SMILES string of the molecule is [O]c1cccc2ccc(Br)cc12. The van der Waals surface area contributed by atoms with E-state index in [9.17, 15) is 5.11 Å². The van der Waals surface area contributed by atoms with Crippen LogP contribution in [0.25, 0.3) is 10.8 Å². The highest BCUT2D eigenvalue weighted by Gasteiger charge is 1.99. The third kappa shape index (κ3) is 1.18. The first kappa shape index (κ1) is 7.62. The van der Waals surface area contributed by atoms with Crippen molar-refractivity contribution in [3.8, 4) is 5.75 Å². The van der Waals surface area contributed by atoms with Crippen molar-refractivity contribution in [1.82, 2.24) is 0 Å². The third-order valence-corrected chi connectivity index (χ3v) is 2.30. The molecule has 59 valence electrons. The van der Waals surface area contributed by atoms with Gasteiger partial charge in [-0.2, -0.15) is 0 Å². The molecule has 0 aliphatic heterocycles. The normalized spacial score (nSPS) is 10.4. The molecule has 0 aliphatic rings. The fraction of sp³-hybridized carbons (Fsp3) is 0. The molecule has 0 atom stereocenters. The van der Waals surface area contributed by atoms with Gasteiger partial charge in [0.2, 0.25) is 0 Å². The van der Waals surface area contributed by atoms with Gasteiger partial charge in [0.25, 0.3) is 0 Å². The monoisotopic (exact) mass is 221 g/mol. The number of fused-ring (bicyclic) bond motifs is 1. The van der Waals surface area contributed by atoms with Crippen LogP contribution < -0.4 is 0 Å². The second kappa shape index (κ2) is 2.79. The van der Waals surface area contributed by atoms with E-state index in [1.165, 1.54) is 0 Å². The molecule has 1 radical (unpaired) electrons. The van der Waals surface area contributed by atoms with E-state index in [2.05, 4.69) is 15.9 Å². The Kier molecular flexibility index (Phi) is 1.77. The van der Waals surface area contributed by atoms with Gasteiger partial charge in [0, 0.05) is 9.86 Å². The Morgan fingerprint density at radius 2 is 1.92 bits per heavy atom. The van der Waals surface area contributed by atoms with Gasteiger partial charge in [-0.25, -0.2) is 0 Å². The lowest BCUT2D eigenvalue weighted by molar-refractivity contribution is 0.360. The zero-order valence-corrected chi connectivity index (χ0v) is 7.84. The van der Waals surface area contributed by atoms with Crippen LogP contribution in [0.3, 0.4) is 0 Å². The van der Waals surface area contributed by atoms with E-state index in [-0.39, 0.29) is 5.75 Å². The summed E-state index contributed by atoms with van der Waals surface area (Å²) in [7, 11) is 0. The van der Waals surface area contributed by atoms with Crippen LogP contribution in [-0.4, -0.2) is 0 Å². The Labute approximate surface area is 78.8 Å². The maximum atomic E-state index is 11.3. The van der Waals surface area contributed by atoms with Gasteiger partial charge >= 0.3 is 0 Å². The van der Waals surface area contributed by atoms with Gasteiger partial charge in [0.15, 0.2) is 5.75 Å². The number of hydrogen-bond acceptors (Lipinski definition) is 0. The van der Waals surface area contributed by atoms with Crippen molar-refractivity contribution in [2.75, 3.05) is 0 Å². The van der Waals surface area contributed by atoms with Gasteiger partial charge in [-0.05, 0) is 23.6 Å². The topological polar surface area (TPSA) is 19.9 Å². The molecule has 12 heavy (non-hydrogen) atoms. The lowest BCUT2D eigenvalue weighted by Crippen LogP contribution is -1.72. The van der Waals surface area contributed by atoms with Gasteiger partial charge in [-0.3, -0.25) is 5.11 Å². The molecule has 0 spiro atoms. The van der Waals surface area contributed by atoms with Crippen molar-refractivity contribution in [2.24, 2.45) is 0 Å². The molecule has 2 aromatic carbocycles. The summed E-state index contributed by atoms with van der Waals surface area (Å²) in [6.07, 6.45) is 0. The van der Waals surface area contributed by atoms with Crippen molar-refractivity contribution in [3.63, 3.8) is 0 Å². The van der Waals surface area contributed by atoms with E-state index in [0.717, 1.165) is 15.2 Å². The zero-order chi connectivity index (χ0) is 8.55. The first-order valence-electron chi connectivity index (χ1n) is 3.63. The number of rotatable bonds is 0. The molecular weight excluding hydrogens is 216 g/mol. The summed E-state index contributed by atoms with van der Waals surface area (Å²) in [6.45, 7) is 0. The highest BCUT2D eigenvalue weighted by molar-refractivity contribution is 9.10. The van der Waals surface area contributed by atoms with E-state index < -0.39 is 0 Å². The molecule has 0 heterocycles. The van der Waals surface area contributed by atoms with Crippen LogP contribution in [0.2, 0.25) is 0 Å². The quantitative estimate of drug-likeness (QED) is 0.646. The summed E-state index contributed by atoms with van der Waals surface area (Å²) < 4.78 is 0.943. The molecule has 0 N–H and O–H groups in total. The molecule has 2 rings (SSSR count). The fourth-order valence-electron chi connectivity index (χ4n) is 1.22. The van der Waals surface area contributed by atoms with E-state index in [1.54, 1.807) is 12.1 Å². The Morgan fingerprint density at radius 1 is 1.08 bits per heavy atom. The van der Waals surface area contributed by atoms with Crippen molar-refractivity contribution in [2.45, 2.75) is 0 Å². The van der Waals surface area contributed by atoms with Gasteiger partial charge in [-0.1, -0.05) is 34.1 Å². The molecule has 0 bridgehead atoms. The number of hydrogen-bond donors (Lipinski definition) is 0. The van der Waals surface area contributed by atoms with Crippen molar-refractivity contribution >= 4 is 26.7 Å². The molecule has 2 heteroatoms. The predicted octanol–water partition coefficient (Wildman–Crippen LogP) is 3.75. The van der Waals surface area contributed by atoms with E-state index in [1.807, 2.05) is 24.3 Å². The van der Waals surface area contributed by atoms with Crippen LogP contribution in [-0.2, 0) is 5.11 Å². The largest absolute Gasteiger partial charge is 0.289 e. The van der Waals surface area contributed by atoms with Crippen LogP contribution in [0.5, 0.6) is 5.75 Å². The molecular formula is C10H6BrO. The lowest BCUT2D eigenvalue weighted by atomic mass is 10.1. The molecule has 2 aromatic rings. The Morgan fingerprint density at radius 3 is 2.75 bits per heavy atom. The van der Waals surface area contributed by atoms with Crippen molar-refractivity contribution in [3.05, 3.63) is 40.9 Å². The molecule has 0 aliphatic carbocycles. The first-order chi connectivity index (χ1) is 5.77. The summed E-state index contributed by atoms with van der Waals surface area (Å²) in [5.74, 6) is 0.0776. The van der Waals surface area contributed by atoms with E-state index in [0.29, 0.717) is 0 Å². The van der Waals surface area contributed by atoms with Crippen LogP contribution in [0.4, 0.5) is 0 Å². The molecule has 1 nitrogen and oxygen atoms in total. The Balaban J connectivity index is 2.88. The average Bonchev–Trinajstić information content (AvgIpc) is 2.07. The predicted molar refractivity (Wildman–Crippen MR) is 51.8 cm³/mol. The van der Waals surface area contributed by atoms with Crippen molar-refractivity contribution in [1.29, 1.82) is 0 Å². The summed E-state index contributed by atoms with van der Waals surface area (Å²) in [6, 6.07) is 11.0. The molecule has 0 aromatic heterocycles. The second-order valence-corrected chi connectivity index (χ2v) is 3.54. The lowest BCUT2D eigenvalue weighted by Gasteiger charge is -1.97. The zero-order valence-electron chi connectivity index (χ0n) is 6.25. The minimum absolute atomic E-state index is 0.0776. The summed E-state index contributed by atoms with van der Waals surface area (Å²) in [5.41, 5.74) is 0. The smallest absolute Gasteiger partial charge is 0.186 e. The summed E-state index contributed by atoms with van der Waals surface area (Å²) >= 11 is 3.33. The van der Waals surface area contributed by atoms with Gasteiger partial charge in [0.05, 0.1) is 0 Å². The third-order valence-electron chi connectivity index (χ3n) is 1.80. The van der Waals surface area contributed by atoms with Gasteiger partial charge in [0.1, 0.15) is 0 Å². The summed E-state index contributed by atoms with van der Waals surface area (Å²) in [4.78, 5) is 0. The van der Waals surface area contributed by atoms with Gasteiger partial charge in [-0.15, -0.1) is 0 Å². The fourth-order valence-corrected chi connectivity index (χ4v) is 1.58. The van der Waals surface area contributed by atoms with Crippen LogP contribution in [0, 0.1) is 0 Å². The van der Waals surface area contributed by atoms with Crippen LogP contribution in [0.1, 0.15) is 0 Å². The van der Waals surface area contributed by atoms with E-state index in [4.69, 9.17) is 0 Å². The van der Waals surface area contributed by atoms with Gasteiger partial charge < -0.3 is 0 Å². The second-order valence-electron chi connectivity index (χ2n) is 2.62. The molecule has 0 unspecified atom stereocenters. The summed E-state index contributed by atoms with van der Waals surface area (Å²) in [5, 5.41) is 13.1. The molecule has 0 fully saturated rings. The standard InChI is InChI=1S/C10H6BrO/c11-8-5-4-7-2-1-3-10(12)9(7)6-8/h1-6H. The molecule has 0 saturated carbocycles. The minimum Gasteiger partial charge on any atom is -0.289 e. The van der Waals surface area contributed by atoms with E-state index >= 15 is 0 Å². The number of benzene rings is 2. The molecule has 0 amide bonds. The Hall–Kier alpha value is -1.02. The van der Waals surface area contributed by atoms with Crippen molar-refractivity contribution < 1.29 is 5.11 Å². The highest BCUT2D eigenvalue weighted by atomic mass is 79.9. The highest BCUT2D eigenvalue weighted by Crippen LogP contribution is 2.27. The van der Waals surface area contributed by atoms with Crippen LogP contribution in [0.15, 0.2) is 40.9 Å². The minimum atomic E-state index is 0.0776. The van der Waals surface area contributed by atoms with Crippen LogP contribution >= 0.6 is 15.9 Å². The Bertz CT molecular complexity index is 423. The molecule has 0 saturated heterocycles.